The van der Waals surface area contributed by atoms with Crippen LogP contribution in [-0.2, 0) is 0 Å². The van der Waals surface area contributed by atoms with Gasteiger partial charge in [0.2, 0.25) is 0 Å². The fourth-order valence-corrected chi connectivity index (χ4v) is 13.1. The van der Waals surface area contributed by atoms with Gasteiger partial charge in [0.25, 0.3) is 0 Å². The Hall–Kier alpha value is -5.48. The van der Waals surface area contributed by atoms with Crippen LogP contribution in [0.3, 0.4) is 0 Å². The first-order valence-electron chi connectivity index (χ1n) is 16.1. The van der Waals surface area contributed by atoms with Gasteiger partial charge in [-0.15, -0.1) is 11.3 Å². The molecule has 0 bridgehead atoms. The van der Waals surface area contributed by atoms with Crippen LogP contribution in [-0.4, -0.2) is 12.6 Å². The Morgan fingerprint density at radius 2 is 1.00 bits per heavy atom. The van der Waals surface area contributed by atoms with Crippen molar-refractivity contribution < 1.29 is 0 Å². The number of hydrogen-bond donors (Lipinski definition) is 0. The number of nitrogens with zero attached hydrogens (tertiary/aromatic N) is 1. The third kappa shape index (κ3) is 4.43. The predicted molar refractivity (Wildman–Crippen MR) is 205 cm³/mol. The maximum atomic E-state index is 2.43. The quantitative estimate of drug-likeness (QED) is 0.127. The Labute approximate surface area is 279 Å². The third-order valence-corrected chi connectivity index (χ3v) is 15.2. The van der Waals surface area contributed by atoms with Crippen molar-refractivity contribution in [1.29, 1.82) is 0 Å². The second-order valence-electron chi connectivity index (χ2n) is 12.2. The van der Waals surface area contributed by atoms with Crippen LogP contribution in [0.4, 0.5) is 0 Å². The van der Waals surface area contributed by atoms with Crippen molar-refractivity contribution >= 4 is 72.7 Å². The molecule has 0 atom stereocenters. The highest BCUT2D eigenvalue weighted by molar-refractivity contribution is 7.19. The summed E-state index contributed by atoms with van der Waals surface area (Å²) in [4.78, 5) is 0. The van der Waals surface area contributed by atoms with Crippen LogP contribution in [0, 0.1) is 0 Å². The van der Waals surface area contributed by atoms with Crippen LogP contribution in [0.2, 0.25) is 0 Å². The van der Waals surface area contributed by atoms with Crippen LogP contribution in [0.1, 0.15) is 0 Å². The Bertz CT molecular complexity index is 2400. The molecule has 0 N–H and O–H groups in total. The Morgan fingerprint density at radius 1 is 0.404 bits per heavy atom. The molecule has 9 aromatic rings. The summed E-state index contributed by atoms with van der Waals surface area (Å²) in [5, 5.41) is 15.4. The largest absolute Gasteiger partial charge is 0.308 e. The van der Waals surface area contributed by atoms with Gasteiger partial charge in [-0.05, 0) is 60.8 Å². The molecule has 0 aliphatic carbocycles. The summed E-state index contributed by atoms with van der Waals surface area (Å²) in [6.45, 7) is 0. The number of rotatable bonds is 6. The molecule has 0 saturated heterocycles. The summed E-state index contributed by atoms with van der Waals surface area (Å²) >= 11 is 1.77. The van der Waals surface area contributed by atoms with Gasteiger partial charge >= 0.3 is 0 Å². The molecule has 0 unspecified atom stereocenters. The van der Waals surface area contributed by atoms with Crippen molar-refractivity contribution in [3.63, 3.8) is 0 Å². The van der Waals surface area contributed by atoms with Crippen LogP contribution in [0.5, 0.6) is 0 Å². The molecule has 2 heterocycles. The Balaban J connectivity index is 1.20. The predicted octanol–water partition coefficient (Wildman–Crippen LogP) is 9.04. The fraction of sp³-hybridized carbons (Fsp3) is 0. The van der Waals surface area contributed by atoms with Crippen molar-refractivity contribution in [3.05, 3.63) is 187 Å². The number of fused-ring (bicyclic) bond motifs is 5. The summed E-state index contributed by atoms with van der Waals surface area (Å²) < 4.78 is 2.43. The van der Waals surface area contributed by atoms with Crippen molar-refractivity contribution in [1.82, 2.24) is 4.57 Å². The second-order valence-corrected chi connectivity index (χ2v) is 16.7. The molecule has 9 rings (SSSR count). The lowest BCUT2D eigenvalue weighted by atomic mass is 10.0. The highest BCUT2D eigenvalue weighted by Crippen LogP contribution is 2.39. The van der Waals surface area contributed by atoms with Gasteiger partial charge in [0.15, 0.2) is 8.07 Å². The molecule has 0 saturated carbocycles. The van der Waals surface area contributed by atoms with Gasteiger partial charge in [-0.25, -0.2) is 0 Å². The molecule has 0 radical (unpaired) electrons. The highest BCUT2D eigenvalue weighted by Gasteiger charge is 2.41. The zero-order valence-corrected chi connectivity index (χ0v) is 27.6. The van der Waals surface area contributed by atoms with E-state index in [9.17, 15) is 0 Å². The van der Waals surface area contributed by atoms with Crippen LogP contribution < -0.4 is 20.7 Å². The molecule has 0 spiro atoms. The van der Waals surface area contributed by atoms with E-state index in [0.29, 0.717) is 0 Å². The van der Waals surface area contributed by atoms with Gasteiger partial charge in [-0.3, -0.25) is 0 Å². The van der Waals surface area contributed by atoms with E-state index >= 15 is 0 Å². The molecular formula is C44H31NSSi. The molecule has 0 amide bonds. The van der Waals surface area contributed by atoms with E-state index < -0.39 is 8.07 Å². The molecule has 0 aliphatic heterocycles. The molecule has 222 valence electrons. The van der Waals surface area contributed by atoms with Crippen molar-refractivity contribution in [2.45, 2.75) is 0 Å². The monoisotopic (exact) mass is 633 g/mol. The normalized spacial score (nSPS) is 11.8. The standard InChI is InChI=1S/C44H31NSSi/c1-4-16-36(17-5-1)47(37-18-6-2-7-19-37,38-20-8-3-9-21-38)39-26-23-32(24-27-39)34-14-12-15-35(29-34)45-42-28-25-33-13-10-11-22-40(33)44(42)41-30-46-31-43(41)45/h1-31H. The van der Waals surface area contributed by atoms with E-state index in [1.54, 1.807) is 11.3 Å². The van der Waals surface area contributed by atoms with Crippen molar-refractivity contribution in [3.8, 4) is 16.8 Å². The van der Waals surface area contributed by atoms with Gasteiger partial charge in [0.1, 0.15) is 0 Å². The minimum atomic E-state index is -2.56. The van der Waals surface area contributed by atoms with Gasteiger partial charge in [0, 0.05) is 27.2 Å². The van der Waals surface area contributed by atoms with Crippen LogP contribution >= 0.6 is 11.3 Å². The van der Waals surface area contributed by atoms with E-state index in [-0.39, 0.29) is 0 Å². The fourth-order valence-electron chi connectivity index (χ4n) is 7.59. The Kier molecular flexibility index (Phi) is 6.74. The summed E-state index contributed by atoms with van der Waals surface area (Å²) in [6.07, 6.45) is 0. The highest BCUT2D eigenvalue weighted by atomic mass is 32.1. The van der Waals surface area contributed by atoms with E-state index in [4.69, 9.17) is 0 Å². The maximum absolute atomic E-state index is 2.56. The molecule has 2 aromatic heterocycles. The minimum absolute atomic E-state index is 1.18. The molecule has 47 heavy (non-hydrogen) atoms. The topological polar surface area (TPSA) is 4.93 Å². The summed E-state index contributed by atoms with van der Waals surface area (Å²) in [5.74, 6) is 0. The first-order valence-corrected chi connectivity index (χ1v) is 19.0. The average molecular weight is 634 g/mol. The minimum Gasteiger partial charge on any atom is -0.308 e. The second kappa shape index (κ2) is 11.4. The SMILES string of the molecule is c1ccc([Si](c2ccccc2)(c2ccccc2)c2ccc(-c3cccc(-n4c5cscc5c5c6ccccc6ccc54)c3)cc2)cc1. The lowest BCUT2D eigenvalue weighted by Gasteiger charge is -2.34. The first-order chi connectivity index (χ1) is 23.3. The van der Waals surface area contributed by atoms with E-state index in [1.165, 1.54) is 70.1 Å². The van der Waals surface area contributed by atoms with E-state index in [2.05, 4.69) is 191 Å². The van der Waals surface area contributed by atoms with Gasteiger partial charge < -0.3 is 4.57 Å². The van der Waals surface area contributed by atoms with Gasteiger partial charge in [0.05, 0.1) is 11.0 Å². The lowest BCUT2D eigenvalue weighted by molar-refractivity contribution is 1.19. The summed E-state index contributed by atoms with van der Waals surface area (Å²) in [6, 6.07) is 65.1. The zero-order chi connectivity index (χ0) is 31.2. The zero-order valence-electron chi connectivity index (χ0n) is 25.8. The van der Waals surface area contributed by atoms with Crippen molar-refractivity contribution in [2.24, 2.45) is 0 Å². The first kappa shape index (κ1) is 27.8. The van der Waals surface area contributed by atoms with Crippen LogP contribution in [0.25, 0.3) is 49.4 Å². The van der Waals surface area contributed by atoms with Gasteiger partial charge in [-0.1, -0.05) is 158 Å². The summed E-state index contributed by atoms with van der Waals surface area (Å²) in [7, 11) is -2.56. The van der Waals surface area contributed by atoms with Gasteiger partial charge in [-0.2, -0.15) is 0 Å². The maximum Gasteiger partial charge on any atom is 0.179 e. The number of hydrogen-bond acceptors (Lipinski definition) is 1. The molecule has 1 nitrogen and oxygen atoms in total. The number of thiophene rings is 1. The third-order valence-electron chi connectivity index (χ3n) is 9.68. The molecule has 7 aromatic carbocycles. The Morgan fingerprint density at radius 3 is 1.66 bits per heavy atom. The van der Waals surface area contributed by atoms with E-state index in [1.807, 2.05) is 0 Å². The lowest BCUT2D eigenvalue weighted by Crippen LogP contribution is -2.74. The smallest absolute Gasteiger partial charge is 0.179 e. The van der Waals surface area contributed by atoms with Crippen LogP contribution in [0.15, 0.2) is 187 Å². The average Bonchev–Trinajstić information content (AvgIpc) is 3.75. The number of benzene rings is 7. The summed E-state index contributed by atoms with van der Waals surface area (Å²) in [5.41, 5.74) is 6.13. The number of aromatic nitrogens is 1. The molecular weight excluding hydrogens is 603 g/mol. The molecule has 3 heteroatoms. The molecule has 0 aliphatic rings. The molecule has 0 fully saturated rings. The van der Waals surface area contributed by atoms with Crippen molar-refractivity contribution in [2.75, 3.05) is 0 Å². The van der Waals surface area contributed by atoms with E-state index in [0.717, 1.165) is 0 Å².